The molecule has 5 heteroatoms. The number of hydrogen-bond donors (Lipinski definition) is 1. The monoisotopic (exact) mass is 338 g/mol. The minimum atomic E-state index is 0.0568. The van der Waals surface area contributed by atoms with Gasteiger partial charge in [0.2, 0.25) is 5.91 Å². The molecule has 0 saturated carbocycles. The number of amides is 1. The second kappa shape index (κ2) is 8.12. The van der Waals surface area contributed by atoms with Crippen molar-refractivity contribution in [3.05, 3.63) is 59.9 Å². The van der Waals surface area contributed by atoms with Crippen molar-refractivity contribution < 1.29 is 4.79 Å². The Hall–Kier alpha value is -2.40. The summed E-state index contributed by atoms with van der Waals surface area (Å²) in [5, 5.41) is 2.98. The number of nitrogens with one attached hydrogen (secondary N) is 1. The zero-order valence-electron chi connectivity index (χ0n) is 15.0. The molecule has 5 nitrogen and oxygen atoms in total. The fraction of sp³-hybridized carbons (Fsp3) is 0.400. The highest BCUT2D eigenvalue weighted by Gasteiger charge is 2.27. The highest BCUT2D eigenvalue weighted by molar-refractivity contribution is 5.78. The van der Waals surface area contributed by atoms with Crippen LogP contribution in [0.15, 0.2) is 48.7 Å². The molecule has 1 amide bonds. The summed E-state index contributed by atoms with van der Waals surface area (Å²) in [5.41, 5.74) is 3.37. The fourth-order valence-corrected chi connectivity index (χ4v) is 3.34. The third-order valence-electron chi connectivity index (χ3n) is 4.67. The number of pyridine rings is 1. The number of rotatable bonds is 6. The quantitative estimate of drug-likeness (QED) is 0.879. The minimum absolute atomic E-state index is 0.0568. The van der Waals surface area contributed by atoms with E-state index in [9.17, 15) is 4.79 Å². The summed E-state index contributed by atoms with van der Waals surface area (Å²) in [4.78, 5) is 21.0. The van der Waals surface area contributed by atoms with Gasteiger partial charge in [-0.2, -0.15) is 0 Å². The van der Waals surface area contributed by atoms with Crippen LogP contribution in [0.4, 0.5) is 5.69 Å². The summed E-state index contributed by atoms with van der Waals surface area (Å²) in [6.07, 6.45) is 3.98. The molecule has 1 saturated heterocycles. The largest absolute Gasteiger partial charge is 0.378 e. The van der Waals surface area contributed by atoms with Gasteiger partial charge in [0.05, 0.1) is 18.8 Å². The lowest BCUT2D eigenvalue weighted by Crippen LogP contribution is -2.36. The van der Waals surface area contributed by atoms with Gasteiger partial charge in [0.15, 0.2) is 0 Å². The van der Waals surface area contributed by atoms with Crippen LogP contribution in [0.3, 0.4) is 0 Å². The molecular formula is C20H26N4O. The minimum Gasteiger partial charge on any atom is -0.378 e. The van der Waals surface area contributed by atoms with Crippen molar-refractivity contribution in [2.45, 2.75) is 25.4 Å². The molecule has 1 aromatic heterocycles. The summed E-state index contributed by atoms with van der Waals surface area (Å²) in [7, 11) is 4.10. The van der Waals surface area contributed by atoms with Gasteiger partial charge in [-0.05, 0) is 49.2 Å². The standard InChI is InChI=1S/C20H26N4O/c1-23(2)18-9-5-7-16(13-18)19-10-6-12-24(19)15-20(25)22-14-17-8-3-4-11-21-17/h3-5,7-9,11,13,19H,6,10,12,14-15H2,1-2H3,(H,22,25). The average molecular weight is 338 g/mol. The SMILES string of the molecule is CN(C)c1cccc(C2CCCN2CC(=O)NCc2ccccn2)c1. The summed E-state index contributed by atoms with van der Waals surface area (Å²) >= 11 is 0. The first-order valence-corrected chi connectivity index (χ1v) is 8.81. The molecule has 1 atom stereocenters. The van der Waals surface area contributed by atoms with Gasteiger partial charge in [0.1, 0.15) is 0 Å². The smallest absolute Gasteiger partial charge is 0.234 e. The first-order valence-electron chi connectivity index (χ1n) is 8.81. The van der Waals surface area contributed by atoms with Gasteiger partial charge in [-0.15, -0.1) is 0 Å². The van der Waals surface area contributed by atoms with Gasteiger partial charge in [-0.3, -0.25) is 14.7 Å². The Balaban J connectivity index is 1.60. The molecule has 2 heterocycles. The van der Waals surface area contributed by atoms with E-state index in [4.69, 9.17) is 0 Å². The fourth-order valence-electron chi connectivity index (χ4n) is 3.34. The Labute approximate surface area is 149 Å². The number of carbonyl (C=O) groups excluding carboxylic acids is 1. The Morgan fingerprint density at radius 1 is 1.28 bits per heavy atom. The van der Waals surface area contributed by atoms with E-state index in [2.05, 4.69) is 58.5 Å². The lowest BCUT2D eigenvalue weighted by Gasteiger charge is -2.25. The number of hydrogen-bond acceptors (Lipinski definition) is 4. The van der Waals surface area contributed by atoms with E-state index in [0.29, 0.717) is 19.1 Å². The van der Waals surface area contributed by atoms with E-state index in [1.54, 1.807) is 6.20 Å². The van der Waals surface area contributed by atoms with Crippen LogP contribution in [0.1, 0.15) is 30.1 Å². The van der Waals surface area contributed by atoms with Crippen molar-refractivity contribution in [1.82, 2.24) is 15.2 Å². The Morgan fingerprint density at radius 3 is 2.92 bits per heavy atom. The molecule has 3 rings (SSSR count). The van der Waals surface area contributed by atoms with Crippen LogP contribution in [-0.2, 0) is 11.3 Å². The van der Waals surface area contributed by atoms with Gasteiger partial charge < -0.3 is 10.2 Å². The molecule has 2 aromatic rings. The molecule has 0 spiro atoms. The van der Waals surface area contributed by atoms with Crippen molar-refractivity contribution in [2.75, 3.05) is 32.1 Å². The van der Waals surface area contributed by atoms with E-state index in [1.165, 1.54) is 11.3 Å². The highest BCUT2D eigenvalue weighted by Crippen LogP contribution is 2.33. The molecule has 1 aliphatic rings. The Kier molecular flexibility index (Phi) is 5.66. The highest BCUT2D eigenvalue weighted by atomic mass is 16.2. The molecule has 25 heavy (non-hydrogen) atoms. The van der Waals surface area contributed by atoms with Gasteiger partial charge in [-0.1, -0.05) is 18.2 Å². The summed E-state index contributed by atoms with van der Waals surface area (Å²) in [5.74, 6) is 0.0568. The van der Waals surface area contributed by atoms with E-state index in [0.717, 1.165) is 25.1 Å². The van der Waals surface area contributed by atoms with Crippen molar-refractivity contribution >= 4 is 11.6 Å². The summed E-state index contributed by atoms with van der Waals surface area (Å²) < 4.78 is 0. The molecule has 1 unspecified atom stereocenters. The maximum absolute atomic E-state index is 12.3. The number of likely N-dealkylation sites (tertiary alicyclic amines) is 1. The first kappa shape index (κ1) is 17.4. The van der Waals surface area contributed by atoms with Gasteiger partial charge in [0, 0.05) is 32.0 Å². The van der Waals surface area contributed by atoms with E-state index < -0.39 is 0 Å². The Bertz CT molecular complexity index is 702. The van der Waals surface area contributed by atoms with Crippen molar-refractivity contribution in [3.63, 3.8) is 0 Å². The molecule has 132 valence electrons. The normalized spacial score (nSPS) is 17.4. The molecule has 0 radical (unpaired) electrons. The number of aromatic nitrogens is 1. The van der Waals surface area contributed by atoms with Crippen LogP contribution in [0.5, 0.6) is 0 Å². The summed E-state index contributed by atoms with van der Waals surface area (Å²) in [6.45, 7) is 1.88. The van der Waals surface area contributed by atoms with Crippen LogP contribution in [0.25, 0.3) is 0 Å². The zero-order chi connectivity index (χ0) is 17.6. The molecular weight excluding hydrogens is 312 g/mol. The number of carbonyl (C=O) groups is 1. The van der Waals surface area contributed by atoms with Gasteiger partial charge in [0.25, 0.3) is 0 Å². The van der Waals surface area contributed by atoms with E-state index in [1.807, 2.05) is 18.2 Å². The molecule has 0 aliphatic carbocycles. The molecule has 1 aliphatic heterocycles. The molecule has 1 fully saturated rings. The Morgan fingerprint density at radius 2 is 2.16 bits per heavy atom. The average Bonchev–Trinajstić information content (AvgIpc) is 3.09. The molecule has 1 N–H and O–H groups in total. The molecule has 0 bridgehead atoms. The van der Waals surface area contributed by atoms with Crippen LogP contribution < -0.4 is 10.2 Å². The second-order valence-corrected chi connectivity index (χ2v) is 6.72. The second-order valence-electron chi connectivity index (χ2n) is 6.72. The van der Waals surface area contributed by atoms with Gasteiger partial charge >= 0.3 is 0 Å². The maximum atomic E-state index is 12.3. The van der Waals surface area contributed by atoms with Gasteiger partial charge in [-0.25, -0.2) is 0 Å². The predicted molar refractivity (Wildman–Crippen MR) is 100 cm³/mol. The van der Waals surface area contributed by atoms with Crippen LogP contribution in [0.2, 0.25) is 0 Å². The van der Waals surface area contributed by atoms with Crippen LogP contribution >= 0.6 is 0 Å². The maximum Gasteiger partial charge on any atom is 0.234 e. The van der Waals surface area contributed by atoms with Crippen molar-refractivity contribution in [1.29, 1.82) is 0 Å². The third kappa shape index (κ3) is 4.57. The van der Waals surface area contributed by atoms with Crippen LogP contribution in [-0.4, -0.2) is 43.0 Å². The number of anilines is 1. The lowest BCUT2D eigenvalue weighted by molar-refractivity contribution is -0.122. The first-order chi connectivity index (χ1) is 12.1. The predicted octanol–water partition coefficient (Wildman–Crippen LogP) is 2.60. The number of benzene rings is 1. The zero-order valence-corrected chi connectivity index (χ0v) is 15.0. The lowest BCUT2D eigenvalue weighted by atomic mass is 10.0. The number of nitrogens with zero attached hydrogens (tertiary/aromatic N) is 3. The van der Waals surface area contributed by atoms with E-state index >= 15 is 0 Å². The summed E-state index contributed by atoms with van der Waals surface area (Å²) in [6, 6.07) is 14.7. The van der Waals surface area contributed by atoms with Crippen LogP contribution in [0, 0.1) is 0 Å². The third-order valence-corrected chi connectivity index (χ3v) is 4.67. The van der Waals surface area contributed by atoms with Crippen molar-refractivity contribution in [3.8, 4) is 0 Å². The van der Waals surface area contributed by atoms with Crippen molar-refractivity contribution in [2.24, 2.45) is 0 Å². The molecule has 1 aromatic carbocycles. The van der Waals surface area contributed by atoms with E-state index in [-0.39, 0.29) is 5.91 Å². The topological polar surface area (TPSA) is 48.5 Å².